The number of nitrogens with two attached hydrogens (primary N) is 1. The van der Waals surface area contributed by atoms with Crippen molar-refractivity contribution in [3.8, 4) is 0 Å². The van der Waals surface area contributed by atoms with Crippen LogP contribution in [-0.2, 0) is 0 Å². The number of aryl methyl sites for hydroxylation is 1. The SMILES string of the molecule is Cc1ncc(C(NN)c2ccccc2)s1. The zero-order valence-electron chi connectivity index (χ0n) is 8.47. The Hall–Kier alpha value is -1.23. The van der Waals surface area contributed by atoms with Gasteiger partial charge in [-0.3, -0.25) is 5.84 Å². The van der Waals surface area contributed by atoms with E-state index >= 15 is 0 Å². The average molecular weight is 219 g/mol. The Morgan fingerprint density at radius 2 is 2.07 bits per heavy atom. The molecule has 3 N–H and O–H groups in total. The number of thiazole rings is 1. The third kappa shape index (κ3) is 2.23. The van der Waals surface area contributed by atoms with Gasteiger partial charge in [0.15, 0.2) is 0 Å². The number of aromatic nitrogens is 1. The molecule has 0 aliphatic heterocycles. The summed E-state index contributed by atoms with van der Waals surface area (Å²) in [5.74, 6) is 5.57. The van der Waals surface area contributed by atoms with Crippen molar-refractivity contribution < 1.29 is 0 Å². The maximum absolute atomic E-state index is 5.57. The normalized spacial score (nSPS) is 12.7. The topological polar surface area (TPSA) is 50.9 Å². The molecule has 0 amide bonds. The highest BCUT2D eigenvalue weighted by Gasteiger charge is 2.13. The number of nitrogens with zero attached hydrogens (tertiary/aromatic N) is 1. The second kappa shape index (κ2) is 4.53. The molecule has 0 radical (unpaired) electrons. The van der Waals surface area contributed by atoms with Gasteiger partial charge in [0.1, 0.15) is 0 Å². The van der Waals surface area contributed by atoms with E-state index in [1.54, 1.807) is 11.3 Å². The number of benzene rings is 1. The number of hydrazine groups is 1. The summed E-state index contributed by atoms with van der Waals surface area (Å²) in [5.41, 5.74) is 3.97. The first kappa shape index (κ1) is 10.3. The first-order valence-electron chi connectivity index (χ1n) is 4.74. The van der Waals surface area contributed by atoms with Crippen molar-refractivity contribution in [1.82, 2.24) is 10.4 Å². The lowest BCUT2D eigenvalue weighted by Crippen LogP contribution is -2.28. The van der Waals surface area contributed by atoms with Gasteiger partial charge in [0.25, 0.3) is 0 Å². The largest absolute Gasteiger partial charge is 0.271 e. The van der Waals surface area contributed by atoms with E-state index in [0.717, 1.165) is 15.4 Å². The third-order valence-corrected chi connectivity index (χ3v) is 3.20. The van der Waals surface area contributed by atoms with Crippen LogP contribution in [0.4, 0.5) is 0 Å². The quantitative estimate of drug-likeness (QED) is 0.613. The van der Waals surface area contributed by atoms with Crippen molar-refractivity contribution in [2.75, 3.05) is 0 Å². The molecule has 0 fully saturated rings. The lowest BCUT2D eigenvalue weighted by atomic mass is 10.1. The Morgan fingerprint density at radius 3 is 2.60 bits per heavy atom. The maximum atomic E-state index is 5.57. The summed E-state index contributed by atoms with van der Waals surface area (Å²) in [6.07, 6.45) is 1.87. The number of hydrogen-bond acceptors (Lipinski definition) is 4. The third-order valence-electron chi connectivity index (χ3n) is 2.22. The fraction of sp³-hybridized carbons (Fsp3) is 0.182. The van der Waals surface area contributed by atoms with Crippen molar-refractivity contribution in [3.05, 3.63) is 52.0 Å². The maximum Gasteiger partial charge on any atom is 0.0897 e. The summed E-state index contributed by atoms with van der Waals surface area (Å²) in [4.78, 5) is 5.37. The molecule has 2 aromatic rings. The Bertz CT molecular complexity index is 424. The molecule has 1 atom stereocenters. The van der Waals surface area contributed by atoms with E-state index in [-0.39, 0.29) is 6.04 Å². The van der Waals surface area contributed by atoms with Gasteiger partial charge in [-0.25, -0.2) is 10.4 Å². The predicted octanol–water partition coefficient (Wildman–Crippen LogP) is 2.00. The Labute approximate surface area is 92.9 Å². The fourth-order valence-electron chi connectivity index (χ4n) is 1.50. The van der Waals surface area contributed by atoms with Crippen LogP contribution in [0.5, 0.6) is 0 Å². The molecule has 3 nitrogen and oxygen atoms in total. The van der Waals surface area contributed by atoms with Crippen molar-refractivity contribution in [1.29, 1.82) is 0 Å². The average Bonchev–Trinajstić information content (AvgIpc) is 2.68. The lowest BCUT2D eigenvalue weighted by Gasteiger charge is -2.13. The molecule has 4 heteroatoms. The highest BCUT2D eigenvalue weighted by Crippen LogP contribution is 2.25. The van der Waals surface area contributed by atoms with Crippen LogP contribution in [0.15, 0.2) is 36.5 Å². The van der Waals surface area contributed by atoms with Crippen LogP contribution in [-0.4, -0.2) is 4.98 Å². The van der Waals surface area contributed by atoms with E-state index in [1.807, 2.05) is 31.3 Å². The van der Waals surface area contributed by atoms with E-state index in [9.17, 15) is 0 Å². The predicted molar refractivity (Wildman–Crippen MR) is 62.5 cm³/mol. The molecular weight excluding hydrogens is 206 g/mol. The Balaban J connectivity index is 2.33. The van der Waals surface area contributed by atoms with Crippen molar-refractivity contribution in [3.63, 3.8) is 0 Å². The summed E-state index contributed by atoms with van der Waals surface area (Å²) in [5, 5.41) is 1.06. The van der Waals surface area contributed by atoms with Crippen molar-refractivity contribution in [2.24, 2.45) is 5.84 Å². The highest BCUT2D eigenvalue weighted by molar-refractivity contribution is 7.11. The van der Waals surface area contributed by atoms with E-state index in [2.05, 4.69) is 22.5 Å². The first-order valence-corrected chi connectivity index (χ1v) is 5.56. The monoisotopic (exact) mass is 219 g/mol. The fourth-order valence-corrected chi connectivity index (χ4v) is 2.37. The molecule has 0 bridgehead atoms. The summed E-state index contributed by atoms with van der Waals surface area (Å²) < 4.78 is 0. The molecule has 1 aromatic heterocycles. The molecule has 0 saturated heterocycles. The van der Waals surface area contributed by atoms with Gasteiger partial charge in [-0.1, -0.05) is 30.3 Å². The standard InChI is InChI=1S/C11H13N3S/c1-8-13-7-10(15-8)11(14-12)9-5-3-2-4-6-9/h2-7,11,14H,12H2,1H3. The van der Waals surface area contributed by atoms with Crippen LogP contribution in [0.3, 0.4) is 0 Å². The second-order valence-electron chi connectivity index (χ2n) is 3.29. The smallest absolute Gasteiger partial charge is 0.0897 e. The van der Waals surface area contributed by atoms with Crippen LogP contribution >= 0.6 is 11.3 Å². The van der Waals surface area contributed by atoms with Gasteiger partial charge < -0.3 is 0 Å². The second-order valence-corrected chi connectivity index (χ2v) is 4.56. The molecule has 0 aliphatic carbocycles. The van der Waals surface area contributed by atoms with Crippen molar-refractivity contribution >= 4 is 11.3 Å². The van der Waals surface area contributed by atoms with Crippen molar-refractivity contribution in [2.45, 2.75) is 13.0 Å². The molecule has 1 heterocycles. The zero-order chi connectivity index (χ0) is 10.7. The summed E-state index contributed by atoms with van der Waals surface area (Å²) >= 11 is 1.66. The molecule has 1 aromatic carbocycles. The van der Waals surface area contributed by atoms with Gasteiger partial charge in [-0.15, -0.1) is 11.3 Å². The molecule has 0 spiro atoms. The highest BCUT2D eigenvalue weighted by atomic mass is 32.1. The number of hydrogen-bond donors (Lipinski definition) is 2. The Kier molecular flexibility index (Phi) is 3.11. The number of nitrogens with one attached hydrogen (secondary N) is 1. The minimum absolute atomic E-state index is 0.0393. The van der Waals surface area contributed by atoms with E-state index in [4.69, 9.17) is 5.84 Å². The molecule has 15 heavy (non-hydrogen) atoms. The van der Waals surface area contributed by atoms with E-state index in [0.29, 0.717) is 0 Å². The summed E-state index contributed by atoms with van der Waals surface area (Å²) in [6.45, 7) is 1.99. The van der Waals surface area contributed by atoms with Gasteiger partial charge >= 0.3 is 0 Å². The first-order chi connectivity index (χ1) is 7.31. The molecule has 1 unspecified atom stereocenters. The molecule has 2 rings (SSSR count). The van der Waals surface area contributed by atoms with Crippen LogP contribution in [0.1, 0.15) is 21.5 Å². The van der Waals surface area contributed by atoms with Crippen LogP contribution < -0.4 is 11.3 Å². The summed E-state index contributed by atoms with van der Waals surface area (Å²) in [7, 11) is 0. The van der Waals surface area contributed by atoms with Gasteiger partial charge in [-0.05, 0) is 12.5 Å². The minimum atomic E-state index is 0.0393. The van der Waals surface area contributed by atoms with Gasteiger partial charge in [-0.2, -0.15) is 0 Å². The van der Waals surface area contributed by atoms with Gasteiger partial charge in [0.05, 0.1) is 11.0 Å². The molecular formula is C11H13N3S. The molecule has 78 valence electrons. The molecule has 0 aliphatic rings. The number of rotatable bonds is 3. The van der Waals surface area contributed by atoms with Crippen LogP contribution in [0.25, 0.3) is 0 Å². The Morgan fingerprint density at radius 1 is 1.33 bits per heavy atom. The van der Waals surface area contributed by atoms with Gasteiger partial charge in [0, 0.05) is 11.1 Å². The summed E-state index contributed by atoms with van der Waals surface area (Å²) in [6, 6.07) is 10.2. The van der Waals surface area contributed by atoms with Crippen LogP contribution in [0.2, 0.25) is 0 Å². The van der Waals surface area contributed by atoms with E-state index < -0.39 is 0 Å². The minimum Gasteiger partial charge on any atom is -0.271 e. The molecule has 0 saturated carbocycles. The lowest BCUT2D eigenvalue weighted by molar-refractivity contribution is 0.645. The zero-order valence-corrected chi connectivity index (χ0v) is 9.29. The van der Waals surface area contributed by atoms with Gasteiger partial charge in [0.2, 0.25) is 0 Å². The van der Waals surface area contributed by atoms with E-state index in [1.165, 1.54) is 0 Å². The van der Waals surface area contributed by atoms with Crippen LogP contribution in [0, 0.1) is 6.92 Å².